The highest BCUT2D eigenvalue weighted by Crippen LogP contribution is 2.36. The summed E-state index contributed by atoms with van der Waals surface area (Å²) in [6.07, 6.45) is -6.12. The molecule has 0 amide bonds. The van der Waals surface area contributed by atoms with E-state index >= 15 is 0 Å². The first-order valence-corrected chi connectivity index (χ1v) is 5.90. The van der Waals surface area contributed by atoms with Gasteiger partial charge in [0.2, 0.25) is 0 Å². The Kier molecular flexibility index (Phi) is 5.23. The van der Waals surface area contributed by atoms with Crippen molar-refractivity contribution in [2.45, 2.75) is 65.3 Å². The van der Waals surface area contributed by atoms with Gasteiger partial charge in [-0.1, -0.05) is 13.8 Å². The van der Waals surface area contributed by atoms with Crippen molar-refractivity contribution < 1.29 is 27.8 Å². The van der Waals surface area contributed by atoms with E-state index in [-0.39, 0.29) is 6.42 Å². The fourth-order valence-corrected chi connectivity index (χ4v) is 1.21. The number of carbonyl (C=O) groups excluding carboxylic acids is 1. The first-order chi connectivity index (χ1) is 7.90. The van der Waals surface area contributed by atoms with Crippen LogP contribution in [0.15, 0.2) is 0 Å². The maximum absolute atomic E-state index is 12.7. The predicted molar refractivity (Wildman–Crippen MR) is 60.9 cm³/mol. The molecule has 3 nitrogen and oxygen atoms in total. The fourth-order valence-electron chi connectivity index (χ4n) is 1.21. The molecule has 0 aliphatic heterocycles. The molecule has 0 heterocycles. The second kappa shape index (κ2) is 5.47. The van der Waals surface area contributed by atoms with Crippen LogP contribution in [0.4, 0.5) is 13.2 Å². The highest BCUT2D eigenvalue weighted by atomic mass is 19.4. The zero-order valence-corrected chi connectivity index (χ0v) is 11.4. The van der Waals surface area contributed by atoms with Crippen LogP contribution in [0, 0.1) is 5.41 Å². The summed E-state index contributed by atoms with van der Waals surface area (Å²) in [5.41, 5.74) is -3.91. The SMILES string of the molecule is CCC(OC(=O)C(C)(C)CC)C(C)(O)C(F)(F)F. The molecule has 108 valence electrons. The molecule has 0 aromatic carbocycles. The van der Waals surface area contributed by atoms with Gasteiger partial charge in [0.15, 0.2) is 5.60 Å². The lowest BCUT2D eigenvalue weighted by molar-refractivity contribution is -0.286. The summed E-state index contributed by atoms with van der Waals surface area (Å²) in [4.78, 5) is 11.7. The number of hydrogen-bond acceptors (Lipinski definition) is 3. The van der Waals surface area contributed by atoms with Gasteiger partial charge in [-0.3, -0.25) is 4.79 Å². The van der Waals surface area contributed by atoms with Gasteiger partial charge in [0.1, 0.15) is 6.10 Å². The van der Waals surface area contributed by atoms with E-state index < -0.39 is 29.3 Å². The Bertz CT molecular complexity index is 295. The highest BCUT2D eigenvalue weighted by Gasteiger charge is 2.56. The second-order valence-electron chi connectivity index (χ2n) is 5.18. The molecule has 2 atom stereocenters. The van der Waals surface area contributed by atoms with E-state index in [4.69, 9.17) is 4.74 Å². The number of ether oxygens (including phenoxy) is 1. The molecular formula is C12H21F3O3. The lowest BCUT2D eigenvalue weighted by Crippen LogP contribution is -2.54. The normalized spacial score (nSPS) is 18.1. The van der Waals surface area contributed by atoms with Gasteiger partial charge in [-0.05, 0) is 33.6 Å². The van der Waals surface area contributed by atoms with Crippen LogP contribution in [0.1, 0.15) is 47.5 Å². The number of halogens is 3. The monoisotopic (exact) mass is 270 g/mol. The van der Waals surface area contributed by atoms with E-state index in [0.717, 1.165) is 0 Å². The first-order valence-electron chi connectivity index (χ1n) is 5.90. The Morgan fingerprint density at radius 3 is 1.94 bits per heavy atom. The second-order valence-corrected chi connectivity index (χ2v) is 5.18. The molecule has 0 radical (unpaired) electrons. The molecule has 6 heteroatoms. The summed E-state index contributed by atoms with van der Waals surface area (Å²) in [5.74, 6) is -0.735. The van der Waals surface area contributed by atoms with Crippen LogP contribution >= 0.6 is 0 Å². The van der Waals surface area contributed by atoms with Crippen molar-refractivity contribution in [3.63, 3.8) is 0 Å². The number of hydrogen-bond donors (Lipinski definition) is 1. The molecule has 0 rings (SSSR count). The molecule has 0 aromatic rings. The number of carbonyl (C=O) groups is 1. The average Bonchev–Trinajstić information content (AvgIpc) is 2.23. The van der Waals surface area contributed by atoms with E-state index in [1.54, 1.807) is 20.8 Å². The average molecular weight is 270 g/mol. The van der Waals surface area contributed by atoms with Crippen LogP contribution in [-0.2, 0) is 9.53 Å². The topological polar surface area (TPSA) is 46.5 Å². The van der Waals surface area contributed by atoms with Crippen LogP contribution in [-0.4, -0.2) is 29.0 Å². The molecular weight excluding hydrogens is 249 g/mol. The van der Waals surface area contributed by atoms with Crippen LogP contribution < -0.4 is 0 Å². The maximum atomic E-state index is 12.7. The van der Waals surface area contributed by atoms with Gasteiger partial charge in [-0.2, -0.15) is 13.2 Å². The van der Waals surface area contributed by atoms with Crippen molar-refractivity contribution in [2.75, 3.05) is 0 Å². The van der Waals surface area contributed by atoms with E-state index in [0.29, 0.717) is 13.3 Å². The van der Waals surface area contributed by atoms with E-state index in [1.165, 1.54) is 6.92 Å². The van der Waals surface area contributed by atoms with Crippen molar-refractivity contribution in [3.8, 4) is 0 Å². The maximum Gasteiger partial charge on any atom is 0.420 e. The largest absolute Gasteiger partial charge is 0.459 e. The third-order valence-electron chi connectivity index (χ3n) is 3.26. The van der Waals surface area contributed by atoms with Crippen LogP contribution in [0.2, 0.25) is 0 Å². The smallest absolute Gasteiger partial charge is 0.420 e. The van der Waals surface area contributed by atoms with Gasteiger partial charge in [0.05, 0.1) is 5.41 Å². The molecule has 0 fully saturated rings. The van der Waals surface area contributed by atoms with E-state index in [1.807, 2.05) is 0 Å². The minimum atomic E-state index is -4.84. The summed E-state index contributed by atoms with van der Waals surface area (Å²) >= 11 is 0. The first kappa shape index (κ1) is 17.2. The third kappa shape index (κ3) is 3.60. The van der Waals surface area contributed by atoms with Crippen molar-refractivity contribution >= 4 is 5.97 Å². The van der Waals surface area contributed by atoms with Crippen LogP contribution in [0.5, 0.6) is 0 Å². The molecule has 0 aliphatic carbocycles. The summed E-state index contributed by atoms with van der Waals surface area (Å²) in [7, 11) is 0. The Hall–Kier alpha value is -0.780. The van der Waals surface area contributed by atoms with Gasteiger partial charge < -0.3 is 9.84 Å². The van der Waals surface area contributed by atoms with E-state index in [2.05, 4.69) is 0 Å². The fraction of sp³-hybridized carbons (Fsp3) is 0.917. The van der Waals surface area contributed by atoms with Crippen LogP contribution in [0.3, 0.4) is 0 Å². The highest BCUT2D eigenvalue weighted by molar-refractivity contribution is 5.76. The van der Waals surface area contributed by atoms with Gasteiger partial charge in [-0.25, -0.2) is 0 Å². The molecule has 0 aromatic heterocycles. The Balaban J connectivity index is 4.99. The van der Waals surface area contributed by atoms with Gasteiger partial charge in [0, 0.05) is 0 Å². The predicted octanol–water partition coefficient (Wildman–Crippen LogP) is 3.06. The number of rotatable bonds is 5. The van der Waals surface area contributed by atoms with Gasteiger partial charge in [0.25, 0.3) is 0 Å². The Morgan fingerprint density at radius 2 is 1.67 bits per heavy atom. The van der Waals surface area contributed by atoms with Crippen molar-refractivity contribution in [1.82, 2.24) is 0 Å². The van der Waals surface area contributed by atoms with Gasteiger partial charge >= 0.3 is 12.1 Å². The molecule has 0 saturated carbocycles. The van der Waals surface area contributed by atoms with Crippen LogP contribution in [0.25, 0.3) is 0 Å². The molecule has 18 heavy (non-hydrogen) atoms. The molecule has 2 unspecified atom stereocenters. The summed E-state index contributed by atoms with van der Waals surface area (Å²) in [5, 5.41) is 9.50. The Labute approximate surface area is 105 Å². The third-order valence-corrected chi connectivity index (χ3v) is 3.26. The lowest BCUT2D eigenvalue weighted by Gasteiger charge is -2.35. The number of alkyl halides is 3. The number of aliphatic hydroxyl groups is 1. The summed E-state index contributed by atoms with van der Waals surface area (Å²) < 4.78 is 42.8. The standard InChI is InChI=1S/C12H21F3O3/c1-6-8(11(5,17)12(13,14)15)18-9(16)10(3,4)7-2/h8,17H,6-7H2,1-5H3. The number of esters is 1. The molecule has 0 bridgehead atoms. The zero-order valence-electron chi connectivity index (χ0n) is 11.4. The van der Waals surface area contributed by atoms with Crippen molar-refractivity contribution in [1.29, 1.82) is 0 Å². The lowest BCUT2D eigenvalue weighted by atomic mass is 9.89. The molecule has 1 N–H and O–H groups in total. The van der Waals surface area contributed by atoms with E-state index in [9.17, 15) is 23.1 Å². The minimum Gasteiger partial charge on any atom is -0.459 e. The quantitative estimate of drug-likeness (QED) is 0.781. The Morgan fingerprint density at radius 1 is 1.22 bits per heavy atom. The molecule has 0 spiro atoms. The summed E-state index contributed by atoms with van der Waals surface area (Å²) in [6, 6.07) is 0. The van der Waals surface area contributed by atoms with Crippen molar-refractivity contribution in [2.24, 2.45) is 5.41 Å². The molecule has 0 saturated heterocycles. The zero-order chi connectivity index (χ0) is 14.8. The summed E-state index contributed by atoms with van der Waals surface area (Å²) in [6.45, 7) is 6.96. The van der Waals surface area contributed by atoms with Crippen molar-refractivity contribution in [3.05, 3.63) is 0 Å². The molecule has 0 aliphatic rings. The van der Waals surface area contributed by atoms with Gasteiger partial charge in [-0.15, -0.1) is 0 Å². The minimum absolute atomic E-state index is 0.113.